The third-order valence-electron chi connectivity index (χ3n) is 4.03. The summed E-state index contributed by atoms with van der Waals surface area (Å²) in [5.74, 6) is 2.20. The molecular weight excluding hydrogens is 278 g/mol. The first-order chi connectivity index (χ1) is 10.6. The Morgan fingerprint density at radius 3 is 3.18 bits per heavy atom. The van der Waals surface area contributed by atoms with Gasteiger partial charge in [0.2, 0.25) is 0 Å². The lowest BCUT2D eigenvalue weighted by molar-refractivity contribution is 0.205. The zero-order chi connectivity index (χ0) is 15.5. The second-order valence-corrected chi connectivity index (χ2v) is 5.88. The van der Waals surface area contributed by atoms with Crippen molar-refractivity contribution in [3.63, 3.8) is 0 Å². The van der Waals surface area contributed by atoms with Crippen LogP contribution in [0.4, 0.5) is 10.6 Å². The molecule has 3 heterocycles. The molecule has 1 aliphatic rings. The van der Waals surface area contributed by atoms with Crippen LogP contribution in [-0.2, 0) is 13.0 Å². The van der Waals surface area contributed by atoms with Gasteiger partial charge in [0.05, 0.1) is 0 Å². The number of imidazole rings is 1. The summed E-state index contributed by atoms with van der Waals surface area (Å²) < 4.78 is 2.18. The monoisotopic (exact) mass is 299 g/mol. The lowest BCUT2D eigenvalue weighted by atomic mass is 9.99. The van der Waals surface area contributed by atoms with Crippen LogP contribution in [0.3, 0.4) is 0 Å². The molecule has 2 aromatic heterocycles. The number of anilines is 1. The molecule has 0 saturated heterocycles. The number of nitrogens with one attached hydrogen (secondary N) is 1. The van der Waals surface area contributed by atoms with Gasteiger partial charge in [-0.25, -0.2) is 14.8 Å². The number of urea groups is 1. The van der Waals surface area contributed by atoms with Gasteiger partial charge in [0.15, 0.2) is 0 Å². The van der Waals surface area contributed by atoms with Crippen molar-refractivity contribution in [1.29, 1.82) is 0 Å². The van der Waals surface area contributed by atoms with Crippen molar-refractivity contribution in [3.8, 4) is 0 Å². The van der Waals surface area contributed by atoms with Gasteiger partial charge < -0.3 is 9.47 Å². The summed E-state index contributed by atoms with van der Waals surface area (Å²) in [6.45, 7) is 3.56. The summed E-state index contributed by atoms with van der Waals surface area (Å²) in [4.78, 5) is 22.6. The highest BCUT2D eigenvalue weighted by molar-refractivity contribution is 5.88. The fourth-order valence-corrected chi connectivity index (χ4v) is 2.87. The topological polar surface area (TPSA) is 63.1 Å². The van der Waals surface area contributed by atoms with Crippen LogP contribution < -0.4 is 5.32 Å². The molecule has 2 amide bonds. The molecule has 0 bridgehead atoms. The third-order valence-corrected chi connectivity index (χ3v) is 4.03. The number of rotatable bonds is 3. The Hall–Kier alpha value is -2.37. The first kappa shape index (κ1) is 14.6. The maximum atomic E-state index is 12.2. The van der Waals surface area contributed by atoms with Gasteiger partial charge in [0.25, 0.3) is 0 Å². The maximum absolute atomic E-state index is 12.2. The van der Waals surface area contributed by atoms with Crippen LogP contribution >= 0.6 is 0 Å². The predicted octanol–water partition coefficient (Wildman–Crippen LogP) is 2.31. The third kappa shape index (κ3) is 3.27. The van der Waals surface area contributed by atoms with E-state index in [1.165, 1.54) is 0 Å². The summed E-state index contributed by atoms with van der Waals surface area (Å²) in [6, 6.07) is 5.48. The Labute approximate surface area is 130 Å². The van der Waals surface area contributed by atoms with Gasteiger partial charge in [-0.15, -0.1) is 0 Å². The minimum Gasteiger partial charge on any atom is -0.335 e. The van der Waals surface area contributed by atoms with Crippen LogP contribution in [0.25, 0.3) is 0 Å². The van der Waals surface area contributed by atoms with E-state index in [9.17, 15) is 4.79 Å². The summed E-state index contributed by atoms with van der Waals surface area (Å²) in [7, 11) is 1.83. The number of carbonyl (C=O) groups is 1. The molecule has 1 unspecified atom stereocenters. The molecule has 6 heteroatoms. The molecule has 1 aliphatic heterocycles. The van der Waals surface area contributed by atoms with Crippen LogP contribution in [-0.4, -0.2) is 39.1 Å². The fraction of sp³-hybridized carbons (Fsp3) is 0.438. The predicted molar refractivity (Wildman–Crippen MR) is 84.7 cm³/mol. The molecule has 0 aromatic carbocycles. The van der Waals surface area contributed by atoms with Gasteiger partial charge in [-0.05, 0) is 31.4 Å². The van der Waals surface area contributed by atoms with E-state index in [0.29, 0.717) is 11.7 Å². The van der Waals surface area contributed by atoms with Crippen molar-refractivity contribution in [2.75, 3.05) is 18.9 Å². The van der Waals surface area contributed by atoms with E-state index < -0.39 is 0 Å². The van der Waals surface area contributed by atoms with E-state index in [1.54, 1.807) is 11.0 Å². The molecule has 22 heavy (non-hydrogen) atoms. The van der Waals surface area contributed by atoms with E-state index >= 15 is 0 Å². The lowest BCUT2D eigenvalue weighted by Crippen LogP contribution is -2.38. The average molecular weight is 299 g/mol. The average Bonchev–Trinajstić information content (AvgIpc) is 2.94. The van der Waals surface area contributed by atoms with Gasteiger partial charge in [-0.3, -0.25) is 5.32 Å². The second kappa shape index (κ2) is 6.17. The van der Waals surface area contributed by atoms with E-state index in [0.717, 1.165) is 37.4 Å². The number of nitrogens with zero attached hydrogens (tertiary/aromatic N) is 4. The molecule has 6 nitrogen and oxygen atoms in total. The van der Waals surface area contributed by atoms with Crippen molar-refractivity contribution < 1.29 is 4.79 Å². The summed E-state index contributed by atoms with van der Waals surface area (Å²) in [5.41, 5.74) is 0.889. The number of hydrogen-bond donors (Lipinski definition) is 1. The van der Waals surface area contributed by atoms with Crippen LogP contribution in [0, 0.1) is 12.8 Å². The molecule has 116 valence electrons. The highest BCUT2D eigenvalue weighted by Gasteiger charge is 2.22. The lowest BCUT2D eigenvalue weighted by Gasteiger charge is -2.28. The molecule has 0 fully saturated rings. The molecular formula is C16H21N5O. The SMILES string of the molecule is Cc1cccc(NC(=O)N(C)CC2CCc3nccn3C2)n1. The van der Waals surface area contributed by atoms with Crippen molar-refractivity contribution >= 4 is 11.8 Å². The van der Waals surface area contributed by atoms with Crippen LogP contribution in [0.1, 0.15) is 17.9 Å². The zero-order valence-electron chi connectivity index (χ0n) is 13.0. The highest BCUT2D eigenvalue weighted by atomic mass is 16.2. The van der Waals surface area contributed by atoms with Gasteiger partial charge in [-0.2, -0.15) is 0 Å². The largest absolute Gasteiger partial charge is 0.335 e. The smallest absolute Gasteiger partial charge is 0.322 e. The first-order valence-electron chi connectivity index (χ1n) is 7.57. The van der Waals surface area contributed by atoms with Gasteiger partial charge in [0.1, 0.15) is 11.6 Å². The van der Waals surface area contributed by atoms with Crippen molar-refractivity contribution in [2.45, 2.75) is 26.3 Å². The molecule has 2 aromatic rings. The summed E-state index contributed by atoms with van der Waals surface area (Å²) >= 11 is 0. The minimum atomic E-state index is -0.116. The number of aromatic nitrogens is 3. The van der Waals surface area contributed by atoms with E-state index in [1.807, 2.05) is 38.5 Å². The number of carbonyl (C=O) groups excluding carboxylic acids is 1. The summed E-state index contributed by atoms with van der Waals surface area (Å²) in [5, 5.41) is 2.84. The van der Waals surface area contributed by atoms with E-state index in [4.69, 9.17) is 0 Å². The molecule has 3 rings (SSSR count). The Bertz CT molecular complexity index is 666. The Morgan fingerprint density at radius 1 is 1.50 bits per heavy atom. The van der Waals surface area contributed by atoms with Crippen molar-refractivity contribution in [2.24, 2.45) is 5.92 Å². The van der Waals surface area contributed by atoms with Gasteiger partial charge in [-0.1, -0.05) is 6.07 Å². The number of hydrogen-bond acceptors (Lipinski definition) is 3. The molecule has 1 atom stereocenters. The van der Waals surface area contributed by atoms with Crippen LogP contribution in [0.2, 0.25) is 0 Å². The summed E-state index contributed by atoms with van der Waals surface area (Å²) in [6.07, 6.45) is 5.90. The molecule has 0 saturated carbocycles. The van der Waals surface area contributed by atoms with E-state index in [2.05, 4.69) is 19.9 Å². The molecule has 0 spiro atoms. The highest BCUT2D eigenvalue weighted by Crippen LogP contribution is 2.19. The normalized spacial score (nSPS) is 16.9. The first-order valence-corrected chi connectivity index (χ1v) is 7.57. The zero-order valence-corrected chi connectivity index (χ0v) is 13.0. The van der Waals surface area contributed by atoms with Crippen LogP contribution in [0.5, 0.6) is 0 Å². The van der Waals surface area contributed by atoms with Gasteiger partial charge >= 0.3 is 6.03 Å². The standard InChI is InChI=1S/C16H21N5O/c1-12-4-3-5-14(18-12)19-16(22)20(2)10-13-6-7-15-17-8-9-21(15)11-13/h3-5,8-9,13H,6-7,10-11H2,1-2H3,(H,18,19,22). The fourth-order valence-electron chi connectivity index (χ4n) is 2.87. The Morgan fingerprint density at radius 2 is 2.36 bits per heavy atom. The second-order valence-electron chi connectivity index (χ2n) is 5.88. The quantitative estimate of drug-likeness (QED) is 0.946. The number of amides is 2. The molecule has 0 radical (unpaired) electrons. The Kier molecular flexibility index (Phi) is 4.09. The van der Waals surface area contributed by atoms with E-state index in [-0.39, 0.29) is 6.03 Å². The van der Waals surface area contributed by atoms with Crippen LogP contribution in [0.15, 0.2) is 30.6 Å². The van der Waals surface area contributed by atoms with Crippen molar-refractivity contribution in [1.82, 2.24) is 19.4 Å². The van der Waals surface area contributed by atoms with Crippen molar-refractivity contribution in [3.05, 3.63) is 42.1 Å². The van der Waals surface area contributed by atoms with Gasteiger partial charge in [0, 0.05) is 44.6 Å². The number of pyridine rings is 1. The number of aryl methyl sites for hydroxylation is 2. The number of fused-ring (bicyclic) bond motifs is 1. The molecule has 1 N–H and O–H groups in total. The molecule has 0 aliphatic carbocycles. The Balaban J connectivity index is 1.55. The minimum absolute atomic E-state index is 0.116. The maximum Gasteiger partial charge on any atom is 0.322 e.